The molecule has 0 saturated heterocycles. The van der Waals surface area contributed by atoms with Crippen molar-refractivity contribution in [1.82, 2.24) is 4.57 Å². The molecule has 1 aromatic carbocycles. The number of benzene rings is 1. The summed E-state index contributed by atoms with van der Waals surface area (Å²) >= 11 is 8.82. The molecule has 2 rings (SSSR count). The van der Waals surface area contributed by atoms with E-state index < -0.39 is 17.7 Å². The Balaban J connectivity index is 2.82. The number of nitriles is 1. The summed E-state index contributed by atoms with van der Waals surface area (Å²) < 4.78 is 44.6. The van der Waals surface area contributed by atoms with E-state index >= 15 is 0 Å². The predicted octanol–water partition coefficient (Wildman–Crippen LogP) is 4.15. The topological polar surface area (TPSA) is 81.0 Å². The lowest BCUT2D eigenvalue weighted by Gasteiger charge is -2.15. The molecule has 5 nitrogen and oxygen atoms in total. The van der Waals surface area contributed by atoms with E-state index in [2.05, 4.69) is 20.7 Å². The fourth-order valence-electron chi connectivity index (χ4n) is 2.04. The van der Waals surface area contributed by atoms with E-state index in [1.165, 1.54) is 0 Å². The fourth-order valence-corrected chi connectivity index (χ4v) is 3.00. The van der Waals surface area contributed by atoms with E-state index in [9.17, 15) is 18.0 Å². The standard InChI is InChI=1S/C14H8BrClF3N3O2/c1-24-13(23)12-11(21)6(4-20)5-22(12)10-2-7(14(17,18)19)8(15)3-9(10)16/h2-3,5H,21H2,1H3. The first-order valence-corrected chi connectivity index (χ1v) is 7.34. The van der Waals surface area contributed by atoms with Crippen molar-refractivity contribution >= 4 is 39.2 Å². The molecule has 2 N–H and O–H groups in total. The van der Waals surface area contributed by atoms with Gasteiger partial charge in [-0.3, -0.25) is 0 Å². The minimum Gasteiger partial charge on any atom is -0.464 e. The molecular weight excluding hydrogens is 415 g/mol. The maximum absolute atomic E-state index is 13.1. The van der Waals surface area contributed by atoms with Crippen molar-refractivity contribution in [3.8, 4) is 11.8 Å². The molecule has 1 heterocycles. The highest BCUT2D eigenvalue weighted by molar-refractivity contribution is 9.10. The number of halogens is 5. The Labute approximate surface area is 147 Å². The normalized spacial score (nSPS) is 11.2. The Morgan fingerprint density at radius 1 is 1.46 bits per heavy atom. The highest BCUT2D eigenvalue weighted by atomic mass is 79.9. The van der Waals surface area contributed by atoms with Crippen LogP contribution in [0.15, 0.2) is 22.8 Å². The van der Waals surface area contributed by atoms with Crippen molar-refractivity contribution in [2.24, 2.45) is 0 Å². The zero-order valence-electron chi connectivity index (χ0n) is 11.9. The molecule has 0 spiro atoms. The zero-order chi connectivity index (χ0) is 18.2. The lowest BCUT2D eigenvalue weighted by Crippen LogP contribution is -2.13. The number of esters is 1. The molecule has 0 fully saturated rings. The molecule has 0 radical (unpaired) electrons. The van der Waals surface area contributed by atoms with Gasteiger partial charge in [0.25, 0.3) is 0 Å². The SMILES string of the molecule is COC(=O)c1c(N)c(C#N)cn1-c1cc(C(F)(F)F)c(Br)cc1Cl. The minimum absolute atomic E-state index is 0.0838. The number of aromatic nitrogens is 1. The molecule has 0 bridgehead atoms. The Morgan fingerprint density at radius 3 is 2.58 bits per heavy atom. The van der Waals surface area contributed by atoms with Crippen LogP contribution in [0.4, 0.5) is 18.9 Å². The van der Waals surface area contributed by atoms with Gasteiger partial charge in [0.2, 0.25) is 0 Å². The zero-order valence-corrected chi connectivity index (χ0v) is 14.3. The number of hydrogen-bond acceptors (Lipinski definition) is 4. The van der Waals surface area contributed by atoms with Gasteiger partial charge in [0, 0.05) is 10.7 Å². The van der Waals surface area contributed by atoms with Gasteiger partial charge in [-0.2, -0.15) is 18.4 Å². The summed E-state index contributed by atoms with van der Waals surface area (Å²) in [6.45, 7) is 0. The summed E-state index contributed by atoms with van der Waals surface area (Å²) in [5, 5.41) is 8.96. The van der Waals surface area contributed by atoms with Gasteiger partial charge >= 0.3 is 12.1 Å². The van der Waals surface area contributed by atoms with E-state index in [1.54, 1.807) is 6.07 Å². The highest BCUT2D eigenvalue weighted by Crippen LogP contribution is 2.39. The van der Waals surface area contributed by atoms with Gasteiger partial charge in [-0.05, 0) is 12.1 Å². The van der Waals surface area contributed by atoms with Gasteiger partial charge in [0.15, 0.2) is 5.69 Å². The second kappa shape index (κ2) is 6.37. The average molecular weight is 423 g/mol. The van der Waals surface area contributed by atoms with Gasteiger partial charge in [-0.1, -0.05) is 27.5 Å². The third kappa shape index (κ3) is 3.07. The minimum atomic E-state index is -4.65. The molecule has 0 amide bonds. The summed E-state index contributed by atoms with van der Waals surface area (Å²) in [7, 11) is 1.08. The molecule has 0 aliphatic rings. The molecule has 0 aliphatic heterocycles. The van der Waals surface area contributed by atoms with Crippen molar-refractivity contribution in [1.29, 1.82) is 5.26 Å². The second-order valence-electron chi connectivity index (χ2n) is 4.56. The molecule has 2 aromatic rings. The smallest absolute Gasteiger partial charge is 0.417 e. The van der Waals surface area contributed by atoms with E-state index in [1.807, 2.05) is 0 Å². The van der Waals surface area contributed by atoms with Crippen LogP contribution in [0.2, 0.25) is 5.02 Å². The number of anilines is 1. The largest absolute Gasteiger partial charge is 0.464 e. The van der Waals surface area contributed by atoms with Crippen LogP contribution in [0, 0.1) is 11.3 Å². The van der Waals surface area contributed by atoms with Crippen LogP contribution < -0.4 is 5.73 Å². The fraction of sp³-hybridized carbons (Fsp3) is 0.143. The van der Waals surface area contributed by atoms with E-state index in [-0.39, 0.29) is 32.1 Å². The summed E-state index contributed by atoms with van der Waals surface area (Å²) in [6.07, 6.45) is -3.53. The number of carbonyl (C=O) groups is 1. The number of alkyl halides is 3. The summed E-state index contributed by atoms with van der Waals surface area (Å²) in [5.74, 6) is -0.915. The molecule has 0 aliphatic carbocycles. The van der Waals surface area contributed by atoms with Crippen molar-refractivity contribution in [2.75, 3.05) is 12.8 Å². The number of nitrogen functional groups attached to an aromatic ring is 1. The number of methoxy groups -OCH3 is 1. The molecule has 24 heavy (non-hydrogen) atoms. The Kier molecular flexibility index (Phi) is 4.82. The van der Waals surface area contributed by atoms with Gasteiger partial charge in [0.05, 0.1) is 34.6 Å². The summed E-state index contributed by atoms with van der Waals surface area (Å²) in [5.41, 5.74) is 3.96. The molecule has 10 heteroatoms. The Bertz CT molecular complexity index is 872. The van der Waals surface area contributed by atoms with Crippen LogP contribution >= 0.6 is 27.5 Å². The molecule has 0 unspecified atom stereocenters. The number of rotatable bonds is 2. The van der Waals surface area contributed by atoms with E-state index in [4.69, 9.17) is 22.6 Å². The first-order valence-electron chi connectivity index (χ1n) is 6.17. The Morgan fingerprint density at radius 2 is 2.08 bits per heavy atom. The maximum Gasteiger partial charge on any atom is 0.417 e. The van der Waals surface area contributed by atoms with Crippen molar-refractivity contribution in [2.45, 2.75) is 6.18 Å². The van der Waals surface area contributed by atoms with E-state index in [0.717, 1.165) is 30.0 Å². The third-order valence-corrected chi connectivity index (χ3v) is 4.10. The maximum atomic E-state index is 13.1. The number of nitrogens with two attached hydrogens (primary N) is 1. The van der Waals surface area contributed by atoms with Crippen LogP contribution in [-0.2, 0) is 10.9 Å². The van der Waals surface area contributed by atoms with Crippen LogP contribution in [0.25, 0.3) is 5.69 Å². The number of nitrogens with zero attached hydrogens (tertiary/aromatic N) is 2. The molecular formula is C14H8BrClF3N3O2. The number of hydrogen-bond donors (Lipinski definition) is 1. The molecule has 1 aromatic heterocycles. The Hall–Kier alpha value is -2.18. The second-order valence-corrected chi connectivity index (χ2v) is 5.82. The lowest BCUT2D eigenvalue weighted by atomic mass is 10.2. The predicted molar refractivity (Wildman–Crippen MR) is 83.9 cm³/mol. The number of ether oxygens (including phenoxy) is 1. The van der Waals surface area contributed by atoms with Gasteiger partial charge in [-0.25, -0.2) is 4.79 Å². The summed E-state index contributed by atoms with van der Waals surface area (Å²) in [6, 6.07) is 3.55. The third-order valence-electron chi connectivity index (χ3n) is 3.15. The lowest BCUT2D eigenvalue weighted by molar-refractivity contribution is -0.138. The van der Waals surface area contributed by atoms with Gasteiger partial charge < -0.3 is 15.0 Å². The monoisotopic (exact) mass is 421 g/mol. The van der Waals surface area contributed by atoms with Crippen LogP contribution in [-0.4, -0.2) is 17.6 Å². The molecule has 0 atom stereocenters. The first kappa shape index (κ1) is 18.2. The highest BCUT2D eigenvalue weighted by Gasteiger charge is 2.34. The summed E-state index contributed by atoms with van der Waals surface area (Å²) in [4.78, 5) is 11.9. The van der Waals surface area contributed by atoms with Crippen molar-refractivity contribution < 1.29 is 22.7 Å². The van der Waals surface area contributed by atoms with Gasteiger partial charge in [-0.15, -0.1) is 0 Å². The van der Waals surface area contributed by atoms with Crippen LogP contribution in [0.1, 0.15) is 21.6 Å². The van der Waals surface area contributed by atoms with E-state index in [0.29, 0.717) is 0 Å². The van der Waals surface area contributed by atoms with Crippen LogP contribution in [0.5, 0.6) is 0 Å². The molecule has 0 saturated carbocycles. The van der Waals surface area contributed by atoms with Gasteiger partial charge in [0.1, 0.15) is 6.07 Å². The van der Waals surface area contributed by atoms with Crippen LogP contribution in [0.3, 0.4) is 0 Å². The van der Waals surface area contributed by atoms with Crippen molar-refractivity contribution in [3.05, 3.63) is 44.6 Å². The average Bonchev–Trinajstić information content (AvgIpc) is 2.81. The quantitative estimate of drug-likeness (QED) is 0.737. The first-order chi connectivity index (χ1) is 11.1. The van der Waals surface area contributed by atoms with Crippen molar-refractivity contribution in [3.63, 3.8) is 0 Å². The number of carbonyl (C=O) groups excluding carboxylic acids is 1. The molecule has 126 valence electrons.